The van der Waals surface area contributed by atoms with Crippen LogP contribution in [-0.2, 0) is 0 Å². The van der Waals surface area contributed by atoms with Crippen LogP contribution >= 0.6 is 0 Å². The molecule has 1 aliphatic carbocycles. The van der Waals surface area contributed by atoms with E-state index in [4.69, 9.17) is 23.4 Å². The van der Waals surface area contributed by atoms with Crippen LogP contribution in [0.15, 0.2) is 162 Å². The zero-order chi connectivity index (χ0) is 42.3. The summed E-state index contributed by atoms with van der Waals surface area (Å²) in [5.41, 5.74) is 7.36. The Labute approximate surface area is 355 Å². The van der Waals surface area contributed by atoms with E-state index in [9.17, 15) is 9.90 Å². The van der Waals surface area contributed by atoms with E-state index in [1.165, 1.54) is 0 Å². The van der Waals surface area contributed by atoms with Gasteiger partial charge in [-0.1, -0.05) is 18.2 Å². The van der Waals surface area contributed by atoms with Gasteiger partial charge < -0.3 is 33.4 Å². The smallest absolute Gasteiger partial charge is 0.336 e. The van der Waals surface area contributed by atoms with Crippen LogP contribution < -0.4 is 33.8 Å². The van der Waals surface area contributed by atoms with Gasteiger partial charge in [0.15, 0.2) is 0 Å². The lowest BCUT2D eigenvalue weighted by atomic mass is 9.90. The molecule has 0 spiro atoms. The van der Waals surface area contributed by atoms with E-state index in [-0.39, 0.29) is 5.56 Å². The Hall–Kier alpha value is -7.52. The van der Waals surface area contributed by atoms with Gasteiger partial charge in [0.1, 0.15) is 34.3 Å². The number of anilines is 3. The monoisotopic (exact) mass is 811 g/mol. The van der Waals surface area contributed by atoms with Crippen molar-refractivity contribution >= 4 is 45.4 Å². The van der Waals surface area contributed by atoms with Gasteiger partial charge in [0.05, 0.1) is 38.1 Å². The number of rotatable bonds is 15. The highest BCUT2D eigenvalue weighted by Crippen LogP contribution is 2.44. The normalized spacial score (nSPS) is 11.0. The number of nitrogens with zero attached hydrogens (tertiary/aromatic N) is 2. The van der Waals surface area contributed by atoms with Crippen LogP contribution in [-0.4, -0.2) is 37.5 Å². The number of carbonyl (C=O) groups is 1. The van der Waals surface area contributed by atoms with Gasteiger partial charge in [0.2, 0.25) is 16.7 Å². The van der Waals surface area contributed by atoms with Crippen molar-refractivity contribution in [2.75, 3.05) is 31.3 Å². The fourth-order valence-electron chi connectivity index (χ4n) is 7.65. The molecule has 0 atom stereocenters. The Balaban J connectivity index is 1.39. The maximum Gasteiger partial charge on any atom is 0.336 e. The second-order valence-electron chi connectivity index (χ2n) is 14.1. The molecule has 0 bridgehead atoms. The number of benzene rings is 7. The molecule has 0 unspecified atom stereocenters. The molecular weight excluding hydrogens is 765 g/mol. The van der Waals surface area contributed by atoms with E-state index >= 15 is 0 Å². The third kappa shape index (κ3) is 8.49. The molecule has 6 aromatic rings. The van der Waals surface area contributed by atoms with Crippen molar-refractivity contribution in [3.8, 4) is 45.4 Å². The predicted octanol–water partition coefficient (Wildman–Crippen LogP) is 12.4. The molecule has 61 heavy (non-hydrogen) atoms. The average Bonchev–Trinajstić information content (AvgIpc) is 3.28. The van der Waals surface area contributed by atoms with Gasteiger partial charge in [-0.25, -0.2) is 4.79 Å². The fourth-order valence-corrected chi connectivity index (χ4v) is 7.65. The van der Waals surface area contributed by atoms with E-state index in [1.807, 2.05) is 173 Å². The summed E-state index contributed by atoms with van der Waals surface area (Å²) >= 11 is 0. The highest BCUT2D eigenvalue weighted by molar-refractivity contribution is 6.08. The number of hydrogen-bond donors (Lipinski definition) is 1. The number of fused-ring (bicyclic) bond motifs is 2. The van der Waals surface area contributed by atoms with E-state index in [0.29, 0.717) is 43.3 Å². The molecule has 6 aromatic carbocycles. The first-order chi connectivity index (χ1) is 29.9. The number of ether oxygens (including phenoxy) is 4. The molecule has 9 nitrogen and oxygen atoms in total. The molecule has 0 saturated carbocycles. The maximum atomic E-state index is 12.8. The number of hydrogen-bond acceptors (Lipinski definition) is 7. The van der Waals surface area contributed by atoms with Crippen molar-refractivity contribution in [3.63, 3.8) is 0 Å². The minimum Gasteiger partial charge on any atom is -0.494 e. The number of carboxylic acid groups (broad SMARTS) is 1. The van der Waals surface area contributed by atoms with Gasteiger partial charge >= 0.3 is 5.97 Å². The SMILES string of the molecule is CCOc1ccc(N(c2ccc(OCC)cc2)c2ccc3c(-c4ccccc4C(=O)O)c4ccc(=[N+](c5ccc(OCC)cc5)c5ccc(OCC)cc5)cc-4oc3c2)cc1. The van der Waals surface area contributed by atoms with Gasteiger partial charge in [-0.2, -0.15) is 4.58 Å². The predicted molar refractivity (Wildman–Crippen MR) is 242 cm³/mol. The van der Waals surface area contributed by atoms with Crippen LogP contribution in [0.2, 0.25) is 0 Å². The van der Waals surface area contributed by atoms with Crippen LogP contribution in [0.4, 0.5) is 28.4 Å². The largest absolute Gasteiger partial charge is 0.494 e. The third-order valence-corrected chi connectivity index (χ3v) is 10.3. The molecule has 1 heterocycles. The first-order valence-corrected chi connectivity index (χ1v) is 20.6. The van der Waals surface area contributed by atoms with Crippen LogP contribution in [0, 0.1) is 0 Å². The van der Waals surface area contributed by atoms with Crippen LogP contribution in [0.5, 0.6) is 23.0 Å². The molecule has 0 aromatic heterocycles. The molecule has 0 saturated heterocycles. The minimum atomic E-state index is -1.01. The van der Waals surface area contributed by atoms with Crippen LogP contribution in [0.3, 0.4) is 0 Å². The van der Waals surface area contributed by atoms with Gasteiger partial charge in [-0.05, 0) is 130 Å². The number of aromatic carboxylic acids is 1. The summed E-state index contributed by atoms with van der Waals surface area (Å²) in [4.78, 5) is 14.9. The highest BCUT2D eigenvalue weighted by atomic mass is 16.5. The van der Waals surface area contributed by atoms with E-state index in [1.54, 1.807) is 12.1 Å². The summed E-state index contributed by atoms with van der Waals surface area (Å²) in [5.74, 6) is 2.67. The van der Waals surface area contributed by atoms with E-state index in [2.05, 4.69) is 9.48 Å². The van der Waals surface area contributed by atoms with Gasteiger partial charge in [0, 0.05) is 70.0 Å². The third-order valence-electron chi connectivity index (χ3n) is 10.3. The summed E-state index contributed by atoms with van der Waals surface area (Å²) < 4.78 is 32.2. The van der Waals surface area contributed by atoms with Crippen molar-refractivity contribution in [3.05, 3.63) is 169 Å². The van der Waals surface area contributed by atoms with Crippen molar-refractivity contribution in [1.82, 2.24) is 4.58 Å². The second-order valence-corrected chi connectivity index (χ2v) is 14.1. The van der Waals surface area contributed by atoms with E-state index < -0.39 is 5.97 Å². The molecular formula is C52H47N2O7+. The molecule has 306 valence electrons. The van der Waals surface area contributed by atoms with Crippen LogP contribution in [0.25, 0.3) is 33.4 Å². The second kappa shape index (κ2) is 18.2. The number of carboxylic acids is 1. The standard InChI is InChI=1S/C52H46N2O7/c1-5-57-41-23-13-35(14-24-41)53(36-15-25-42(26-16-36)58-6-2)39-21-31-47-49(33-39)61-50-34-40(22-32-48(50)51(47)45-11-9-10-12-46(45)52(55)56)54(37-17-27-43(28-18-37)59-7-3)38-19-29-44(30-20-38)60-8-4/h9-34H,5-8H2,1-4H3/p+1. The Morgan fingerprint density at radius 1 is 0.541 bits per heavy atom. The van der Waals surface area contributed by atoms with Gasteiger partial charge in [-0.15, -0.1) is 0 Å². The van der Waals surface area contributed by atoms with Gasteiger partial charge in [-0.3, -0.25) is 0 Å². The molecule has 0 radical (unpaired) electrons. The first kappa shape index (κ1) is 40.3. The van der Waals surface area contributed by atoms with Crippen molar-refractivity contribution < 1.29 is 33.3 Å². The van der Waals surface area contributed by atoms with E-state index in [0.717, 1.165) is 73.3 Å². The Morgan fingerprint density at radius 2 is 1.02 bits per heavy atom. The first-order valence-electron chi connectivity index (χ1n) is 20.6. The lowest BCUT2D eigenvalue weighted by molar-refractivity contribution is 0.0697. The summed E-state index contributed by atoms with van der Waals surface area (Å²) in [7, 11) is 0. The molecule has 8 rings (SSSR count). The minimum absolute atomic E-state index is 0.195. The molecule has 2 aliphatic rings. The zero-order valence-electron chi connectivity index (χ0n) is 34.6. The lowest BCUT2D eigenvalue weighted by Gasteiger charge is -2.26. The Morgan fingerprint density at radius 3 is 1.51 bits per heavy atom. The van der Waals surface area contributed by atoms with Crippen LogP contribution in [0.1, 0.15) is 38.1 Å². The molecule has 1 N–H and O–H groups in total. The average molecular weight is 812 g/mol. The summed E-state index contributed by atoms with van der Waals surface area (Å²) in [6.07, 6.45) is 0. The summed E-state index contributed by atoms with van der Waals surface area (Å²) in [5, 5.41) is 12.1. The Bertz CT molecular complexity index is 2710. The summed E-state index contributed by atoms with van der Waals surface area (Å²) in [6, 6.07) is 51.1. The fraction of sp³-hybridized carbons (Fsp3) is 0.154. The topological polar surface area (TPSA) is 93.6 Å². The Kier molecular flexibility index (Phi) is 12.0. The molecule has 1 aliphatic heterocycles. The molecule has 0 fully saturated rings. The highest BCUT2D eigenvalue weighted by Gasteiger charge is 2.25. The maximum absolute atomic E-state index is 12.8. The van der Waals surface area contributed by atoms with Crippen molar-refractivity contribution in [1.29, 1.82) is 0 Å². The molecule has 0 amide bonds. The summed E-state index contributed by atoms with van der Waals surface area (Å²) in [6.45, 7) is 10.1. The van der Waals surface area contributed by atoms with Crippen molar-refractivity contribution in [2.45, 2.75) is 27.7 Å². The van der Waals surface area contributed by atoms with Crippen molar-refractivity contribution in [2.24, 2.45) is 0 Å². The quantitative estimate of drug-likeness (QED) is 0.0808. The zero-order valence-corrected chi connectivity index (χ0v) is 34.6. The lowest BCUT2D eigenvalue weighted by Crippen LogP contribution is -2.21. The molecule has 9 heteroatoms. The van der Waals surface area contributed by atoms with Gasteiger partial charge in [0.25, 0.3) is 0 Å².